The molecule has 0 bridgehead atoms. The van der Waals surface area contributed by atoms with Crippen molar-refractivity contribution in [1.82, 2.24) is 37.2 Å². The Labute approximate surface area is 414 Å². The molecule has 8 amide bonds. The number of ether oxygens (including phenoxy) is 4. The molecule has 0 heterocycles. The standard InChI is InChI=1S/C45H77N9O17/c1-23(49-31(57)21-48-36(62)25(46)19-30(47)56)35(61)51-26(15-17-32(58)68-42(3,4)5)37(63)53-28(20-34(60)70-44(9,10)11)39(65)52-27(16-18-33(59)69-43(6,7)8)38(64)54-29(22-55)40(66)50-24(2)41(67)71-45(12,13)14/h23-29,55H,15-22,46H2,1-14H3,(H2,47,56)(H,48,62)(H,49,57)(H,50,66)(H,51,61)(H,52,65)(H,53,63)(H,54,64)/t23-,24-,25-,26-,27-,28-,29-/m0/s1. The molecule has 71 heavy (non-hydrogen) atoms. The number of nitrogens with two attached hydrogens (primary N) is 2. The molecule has 0 rings (SSSR count). The first kappa shape index (κ1) is 64.6. The Balaban J connectivity index is 6.90. The third kappa shape index (κ3) is 29.4. The third-order valence-corrected chi connectivity index (χ3v) is 8.69. The molecule has 0 radical (unpaired) electrons. The molecule has 0 aromatic heterocycles. The third-order valence-electron chi connectivity index (χ3n) is 8.69. The van der Waals surface area contributed by atoms with Gasteiger partial charge in [-0.25, -0.2) is 4.79 Å². The molecule has 0 aliphatic heterocycles. The van der Waals surface area contributed by atoms with Crippen LogP contribution in [0.15, 0.2) is 0 Å². The van der Waals surface area contributed by atoms with Gasteiger partial charge < -0.3 is 72.7 Å². The fourth-order valence-corrected chi connectivity index (χ4v) is 5.64. The molecule has 0 aliphatic rings. The van der Waals surface area contributed by atoms with Crippen LogP contribution in [0.2, 0.25) is 0 Å². The second-order valence-corrected chi connectivity index (χ2v) is 20.5. The molecular formula is C45H77N9O17. The fraction of sp³-hybridized carbons (Fsp3) is 0.733. The van der Waals surface area contributed by atoms with E-state index in [0.29, 0.717) is 0 Å². The smallest absolute Gasteiger partial charge is 0.328 e. The summed E-state index contributed by atoms with van der Waals surface area (Å²) in [5, 5.41) is 26.2. The predicted molar refractivity (Wildman–Crippen MR) is 251 cm³/mol. The van der Waals surface area contributed by atoms with Gasteiger partial charge in [0.05, 0.1) is 32.0 Å². The number of hydrogen-bond donors (Lipinski definition) is 10. The lowest BCUT2D eigenvalue weighted by Crippen LogP contribution is -2.60. The van der Waals surface area contributed by atoms with Crippen LogP contribution in [-0.2, 0) is 76.5 Å². The molecular weight excluding hydrogens is 939 g/mol. The number of primary amides is 1. The zero-order chi connectivity index (χ0) is 55.4. The second-order valence-electron chi connectivity index (χ2n) is 20.5. The van der Waals surface area contributed by atoms with Crippen molar-refractivity contribution >= 4 is 71.1 Å². The first-order chi connectivity index (χ1) is 32.2. The number of carbonyl (C=O) groups excluding carboxylic acids is 12. The first-order valence-corrected chi connectivity index (χ1v) is 22.8. The van der Waals surface area contributed by atoms with Crippen molar-refractivity contribution in [2.75, 3.05) is 13.2 Å². The summed E-state index contributed by atoms with van der Waals surface area (Å²) in [5.74, 6) is -11.7. The summed E-state index contributed by atoms with van der Waals surface area (Å²) >= 11 is 0. The summed E-state index contributed by atoms with van der Waals surface area (Å²) < 4.78 is 21.3. The molecule has 0 fully saturated rings. The minimum absolute atomic E-state index is 0.472. The van der Waals surface area contributed by atoms with Crippen molar-refractivity contribution in [2.45, 2.75) is 200 Å². The van der Waals surface area contributed by atoms with Gasteiger partial charge in [0, 0.05) is 12.8 Å². The topological polar surface area (TPSA) is 398 Å². The van der Waals surface area contributed by atoms with Crippen molar-refractivity contribution in [3.8, 4) is 0 Å². The van der Waals surface area contributed by atoms with E-state index in [4.69, 9.17) is 30.4 Å². The lowest BCUT2D eigenvalue weighted by Gasteiger charge is -2.28. The number of hydrogen-bond acceptors (Lipinski definition) is 18. The molecule has 404 valence electrons. The maximum Gasteiger partial charge on any atom is 0.328 e. The highest BCUT2D eigenvalue weighted by Gasteiger charge is 2.36. The summed E-state index contributed by atoms with van der Waals surface area (Å²) in [6.45, 7) is 19.7. The number of esters is 4. The predicted octanol–water partition coefficient (Wildman–Crippen LogP) is -2.44. The van der Waals surface area contributed by atoms with Crippen molar-refractivity contribution in [2.24, 2.45) is 11.5 Å². The van der Waals surface area contributed by atoms with E-state index in [9.17, 15) is 62.6 Å². The summed E-state index contributed by atoms with van der Waals surface area (Å²) in [4.78, 5) is 156. The molecule has 26 heteroatoms. The largest absolute Gasteiger partial charge is 0.460 e. The molecule has 0 aromatic rings. The van der Waals surface area contributed by atoms with Crippen LogP contribution in [0.4, 0.5) is 0 Å². The SMILES string of the molecule is C[C@H](NC(=O)CNC(=O)[C@@H](N)CC(N)=O)C(=O)N[C@@H](CCC(=O)OC(C)(C)C)C(=O)N[C@@H](CC(=O)OC(C)(C)C)C(=O)N[C@@H](CCC(=O)OC(C)(C)C)C(=O)N[C@@H](CO)C(=O)N[C@@H](C)C(=O)OC(C)(C)C. The maximum atomic E-state index is 14.2. The first-order valence-electron chi connectivity index (χ1n) is 22.8. The van der Waals surface area contributed by atoms with Gasteiger partial charge in [-0.3, -0.25) is 52.7 Å². The Kier molecular flexibility index (Phi) is 25.8. The van der Waals surface area contributed by atoms with Crippen molar-refractivity contribution in [3.05, 3.63) is 0 Å². The van der Waals surface area contributed by atoms with E-state index >= 15 is 0 Å². The molecule has 0 saturated carbocycles. The van der Waals surface area contributed by atoms with Gasteiger partial charge in [-0.2, -0.15) is 0 Å². The maximum absolute atomic E-state index is 14.2. The van der Waals surface area contributed by atoms with E-state index in [-0.39, 0.29) is 0 Å². The molecule has 0 aromatic carbocycles. The van der Waals surface area contributed by atoms with E-state index in [1.165, 1.54) is 34.6 Å². The molecule has 0 unspecified atom stereocenters. The highest BCUT2D eigenvalue weighted by molar-refractivity contribution is 5.98. The normalized spacial score (nSPS) is 14.7. The van der Waals surface area contributed by atoms with Gasteiger partial charge in [0.15, 0.2) is 0 Å². The second kappa shape index (κ2) is 28.4. The average Bonchev–Trinajstić information content (AvgIpc) is 3.18. The van der Waals surface area contributed by atoms with Crippen LogP contribution >= 0.6 is 0 Å². The van der Waals surface area contributed by atoms with Gasteiger partial charge >= 0.3 is 23.9 Å². The number of aliphatic hydroxyl groups excluding tert-OH is 1. The number of rotatable bonds is 26. The molecule has 0 aliphatic carbocycles. The zero-order valence-corrected chi connectivity index (χ0v) is 43.3. The Morgan fingerprint density at radius 2 is 0.845 bits per heavy atom. The molecule has 26 nitrogen and oxygen atoms in total. The van der Waals surface area contributed by atoms with Crippen LogP contribution in [0, 0.1) is 0 Å². The number of carbonyl (C=O) groups is 12. The van der Waals surface area contributed by atoms with Crippen LogP contribution in [0.3, 0.4) is 0 Å². The van der Waals surface area contributed by atoms with Crippen molar-refractivity contribution in [3.63, 3.8) is 0 Å². The molecule has 7 atom stereocenters. The Morgan fingerprint density at radius 3 is 1.27 bits per heavy atom. The van der Waals surface area contributed by atoms with E-state index in [1.54, 1.807) is 62.3 Å². The van der Waals surface area contributed by atoms with E-state index < -0.39 is 188 Å². The van der Waals surface area contributed by atoms with E-state index in [2.05, 4.69) is 37.2 Å². The van der Waals surface area contributed by atoms with E-state index in [1.807, 2.05) is 0 Å². The van der Waals surface area contributed by atoms with Gasteiger partial charge in [-0.05, 0) is 110 Å². The lowest BCUT2D eigenvalue weighted by atomic mass is 10.1. The summed E-state index contributed by atoms with van der Waals surface area (Å²) in [5.41, 5.74) is 6.67. The molecule has 0 saturated heterocycles. The quantitative estimate of drug-likeness (QED) is 0.0318. The zero-order valence-electron chi connectivity index (χ0n) is 43.3. The highest BCUT2D eigenvalue weighted by atomic mass is 16.6. The molecule has 0 spiro atoms. The van der Waals surface area contributed by atoms with Crippen molar-refractivity contribution in [1.29, 1.82) is 0 Å². The summed E-state index contributed by atoms with van der Waals surface area (Å²) in [6.07, 6.45) is -3.37. The van der Waals surface area contributed by atoms with Gasteiger partial charge in [0.25, 0.3) is 0 Å². The Hall–Kier alpha value is -6.44. The van der Waals surface area contributed by atoms with Crippen LogP contribution in [0.1, 0.15) is 135 Å². The Morgan fingerprint density at radius 1 is 0.465 bits per heavy atom. The van der Waals surface area contributed by atoms with Gasteiger partial charge in [-0.15, -0.1) is 0 Å². The number of nitrogens with one attached hydrogen (secondary N) is 7. The number of amides is 8. The fourth-order valence-electron chi connectivity index (χ4n) is 5.64. The minimum Gasteiger partial charge on any atom is -0.460 e. The van der Waals surface area contributed by atoms with Gasteiger partial charge in [0.1, 0.15) is 58.7 Å². The number of aliphatic hydroxyl groups is 1. The van der Waals surface area contributed by atoms with Crippen LogP contribution < -0.4 is 48.7 Å². The Bertz CT molecular complexity index is 1930. The van der Waals surface area contributed by atoms with E-state index in [0.717, 1.165) is 0 Å². The van der Waals surface area contributed by atoms with Crippen LogP contribution in [0.25, 0.3) is 0 Å². The highest BCUT2D eigenvalue weighted by Crippen LogP contribution is 2.15. The van der Waals surface area contributed by atoms with Crippen molar-refractivity contribution < 1.29 is 81.6 Å². The van der Waals surface area contributed by atoms with Crippen LogP contribution in [-0.4, -0.2) is 154 Å². The summed E-state index contributed by atoms with van der Waals surface area (Å²) in [7, 11) is 0. The molecule has 12 N–H and O–H groups in total. The summed E-state index contributed by atoms with van der Waals surface area (Å²) in [6, 6.07) is -11.1. The average molecular weight is 1020 g/mol. The monoisotopic (exact) mass is 1020 g/mol. The lowest BCUT2D eigenvalue weighted by molar-refractivity contribution is -0.158. The minimum atomic E-state index is -1.91. The van der Waals surface area contributed by atoms with Gasteiger partial charge in [-0.1, -0.05) is 0 Å². The van der Waals surface area contributed by atoms with Gasteiger partial charge in [0.2, 0.25) is 47.3 Å². The van der Waals surface area contributed by atoms with Crippen LogP contribution in [0.5, 0.6) is 0 Å².